The molecule has 0 N–H and O–H groups in total. The normalized spacial score (nSPS) is 15.2. The molecule has 1 aliphatic heterocycles. The first kappa shape index (κ1) is 21.2. The highest BCUT2D eigenvalue weighted by Gasteiger charge is 2.51. The van der Waals surface area contributed by atoms with Crippen LogP contribution in [0.4, 0.5) is 4.39 Å². The molecule has 6 heteroatoms. The zero-order valence-electron chi connectivity index (χ0n) is 18.6. The third kappa shape index (κ3) is 3.86. The standard InChI is InChI=1S/C27H24FNO4/c1-29(2)26(31)19-5-3-4-17(12-19)18-6-8-22(28)20(13-18)14-25(30)27(10-11-27)21-7-9-23-24(15-21)33-16-32-23/h3-9,12-13,15H,10-11,14,16H2,1-2H3. The van der Waals surface area contributed by atoms with E-state index in [4.69, 9.17) is 9.47 Å². The van der Waals surface area contributed by atoms with Gasteiger partial charge < -0.3 is 14.4 Å². The van der Waals surface area contributed by atoms with Gasteiger partial charge in [-0.05, 0) is 71.5 Å². The molecular weight excluding hydrogens is 421 g/mol. The van der Waals surface area contributed by atoms with Gasteiger partial charge in [0, 0.05) is 26.1 Å². The maximum Gasteiger partial charge on any atom is 0.253 e. The number of amides is 1. The molecule has 5 rings (SSSR count). The second-order valence-electron chi connectivity index (χ2n) is 8.84. The number of carbonyl (C=O) groups is 2. The van der Waals surface area contributed by atoms with E-state index in [0.29, 0.717) is 22.6 Å². The highest BCUT2D eigenvalue weighted by atomic mass is 19.1. The van der Waals surface area contributed by atoms with Crippen LogP contribution in [-0.2, 0) is 16.6 Å². The van der Waals surface area contributed by atoms with Crippen molar-refractivity contribution >= 4 is 11.7 Å². The lowest BCUT2D eigenvalue weighted by Gasteiger charge is -2.16. The molecule has 1 amide bonds. The summed E-state index contributed by atoms with van der Waals surface area (Å²) in [4.78, 5) is 27.2. The van der Waals surface area contributed by atoms with E-state index in [9.17, 15) is 14.0 Å². The number of hydrogen-bond donors (Lipinski definition) is 0. The van der Waals surface area contributed by atoms with Gasteiger partial charge >= 0.3 is 0 Å². The molecule has 0 bridgehead atoms. The second kappa shape index (κ2) is 8.03. The SMILES string of the molecule is CN(C)C(=O)c1cccc(-c2ccc(F)c(CC(=O)C3(c4ccc5c(c4)OCO5)CC3)c2)c1. The number of halogens is 1. The van der Waals surface area contributed by atoms with Crippen LogP contribution in [-0.4, -0.2) is 37.5 Å². The van der Waals surface area contributed by atoms with Crippen molar-refractivity contribution in [1.82, 2.24) is 4.90 Å². The Hall–Kier alpha value is -3.67. The van der Waals surface area contributed by atoms with E-state index >= 15 is 0 Å². The number of ketones is 1. The lowest BCUT2D eigenvalue weighted by atomic mass is 9.87. The van der Waals surface area contributed by atoms with E-state index in [1.807, 2.05) is 24.3 Å². The molecule has 1 fully saturated rings. The topological polar surface area (TPSA) is 55.8 Å². The van der Waals surface area contributed by atoms with Crippen LogP contribution in [0.15, 0.2) is 60.7 Å². The average molecular weight is 445 g/mol. The third-order valence-corrected chi connectivity index (χ3v) is 6.45. The fraction of sp³-hybridized carbons (Fsp3) is 0.259. The summed E-state index contributed by atoms with van der Waals surface area (Å²) in [5, 5.41) is 0. The molecular formula is C27H24FNO4. The van der Waals surface area contributed by atoms with Gasteiger partial charge in [-0.25, -0.2) is 4.39 Å². The van der Waals surface area contributed by atoms with Crippen LogP contribution in [0.25, 0.3) is 11.1 Å². The molecule has 0 atom stereocenters. The lowest BCUT2D eigenvalue weighted by molar-refractivity contribution is -0.120. The molecule has 0 unspecified atom stereocenters. The van der Waals surface area contributed by atoms with Gasteiger partial charge in [0.1, 0.15) is 11.6 Å². The van der Waals surface area contributed by atoms with Crippen LogP contribution in [0.3, 0.4) is 0 Å². The highest BCUT2D eigenvalue weighted by Crippen LogP contribution is 2.51. The molecule has 168 valence electrons. The predicted octanol–water partition coefficient (Wildman–Crippen LogP) is 4.77. The Balaban J connectivity index is 1.41. The van der Waals surface area contributed by atoms with Crippen molar-refractivity contribution in [3.63, 3.8) is 0 Å². The zero-order valence-corrected chi connectivity index (χ0v) is 18.6. The summed E-state index contributed by atoms with van der Waals surface area (Å²) >= 11 is 0. The van der Waals surface area contributed by atoms with E-state index in [1.54, 1.807) is 44.4 Å². The second-order valence-corrected chi connectivity index (χ2v) is 8.84. The Bertz CT molecular complexity index is 1260. The van der Waals surface area contributed by atoms with Crippen LogP contribution < -0.4 is 9.47 Å². The van der Waals surface area contributed by atoms with Gasteiger partial charge in [-0.2, -0.15) is 0 Å². The minimum absolute atomic E-state index is 0.00440. The summed E-state index contributed by atoms with van der Waals surface area (Å²) in [5.41, 5.74) is 2.77. The van der Waals surface area contributed by atoms with Gasteiger partial charge in [-0.3, -0.25) is 9.59 Å². The van der Waals surface area contributed by atoms with Crippen LogP contribution >= 0.6 is 0 Å². The Morgan fingerprint density at radius 3 is 2.45 bits per heavy atom. The molecule has 3 aromatic carbocycles. The van der Waals surface area contributed by atoms with E-state index in [-0.39, 0.29) is 24.9 Å². The number of ether oxygens (including phenoxy) is 2. The number of rotatable bonds is 6. The monoisotopic (exact) mass is 445 g/mol. The third-order valence-electron chi connectivity index (χ3n) is 6.45. The van der Waals surface area contributed by atoms with Gasteiger partial charge in [-0.15, -0.1) is 0 Å². The van der Waals surface area contributed by atoms with Crippen molar-refractivity contribution in [2.24, 2.45) is 0 Å². The van der Waals surface area contributed by atoms with Crippen LogP contribution in [0.1, 0.15) is 34.3 Å². The molecule has 5 nitrogen and oxygen atoms in total. The molecule has 1 saturated carbocycles. The maximum absolute atomic E-state index is 14.7. The van der Waals surface area contributed by atoms with Crippen molar-refractivity contribution in [2.45, 2.75) is 24.7 Å². The molecule has 1 heterocycles. The molecule has 0 radical (unpaired) electrons. The van der Waals surface area contributed by atoms with Gasteiger partial charge in [0.2, 0.25) is 6.79 Å². The number of Topliss-reactive ketones (excluding diaryl/α,β-unsaturated/α-hetero) is 1. The number of fused-ring (bicyclic) bond motifs is 1. The number of benzene rings is 3. The Morgan fingerprint density at radius 1 is 0.939 bits per heavy atom. The van der Waals surface area contributed by atoms with E-state index in [0.717, 1.165) is 29.5 Å². The Labute approximate surface area is 191 Å². The number of hydrogen-bond acceptors (Lipinski definition) is 4. The molecule has 2 aliphatic rings. The summed E-state index contributed by atoms with van der Waals surface area (Å²) < 4.78 is 25.5. The smallest absolute Gasteiger partial charge is 0.253 e. The zero-order chi connectivity index (χ0) is 23.2. The quantitative estimate of drug-likeness (QED) is 0.549. The van der Waals surface area contributed by atoms with Crippen LogP contribution in [0.2, 0.25) is 0 Å². The Kier molecular flexibility index (Phi) is 5.16. The van der Waals surface area contributed by atoms with Gasteiger partial charge in [-0.1, -0.05) is 24.3 Å². The van der Waals surface area contributed by atoms with E-state index in [1.165, 1.54) is 11.0 Å². The first-order valence-corrected chi connectivity index (χ1v) is 10.9. The van der Waals surface area contributed by atoms with Gasteiger partial charge in [0.15, 0.2) is 11.5 Å². The van der Waals surface area contributed by atoms with Crippen LogP contribution in [0.5, 0.6) is 11.5 Å². The minimum Gasteiger partial charge on any atom is -0.454 e. The Morgan fingerprint density at radius 2 is 1.70 bits per heavy atom. The van der Waals surface area contributed by atoms with Crippen molar-refractivity contribution in [3.8, 4) is 22.6 Å². The fourth-order valence-corrected chi connectivity index (χ4v) is 4.37. The van der Waals surface area contributed by atoms with Gasteiger partial charge in [0.25, 0.3) is 5.91 Å². The number of nitrogens with zero attached hydrogens (tertiary/aromatic N) is 1. The molecule has 33 heavy (non-hydrogen) atoms. The maximum atomic E-state index is 14.7. The minimum atomic E-state index is -0.596. The summed E-state index contributed by atoms with van der Waals surface area (Å²) in [6.07, 6.45) is 1.48. The van der Waals surface area contributed by atoms with Crippen molar-refractivity contribution in [1.29, 1.82) is 0 Å². The molecule has 1 aliphatic carbocycles. The highest BCUT2D eigenvalue weighted by molar-refractivity contribution is 5.96. The fourth-order valence-electron chi connectivity index (χ4n) is 4.37. The lowest BCUT2D eigenvalue weighted by Crippen LogP contribution is -2.23. The molecule has 0 saturated heterocycles. The van der Waals surface area contributed by atoms with Gasteiger partial charge in [0.05, 0.1) is 5.41 Å². The van der Waals surface area contributed by atoms with E-state index < -0.39 is 11.2 Å². The summed E-state index contributed by atoms with van der Waals surface area (Å²) in [6.45, 7) is 0.180. The van der Waals surface area contributed by atoms with Crippen molar-refractivity contribution in [3.05, 3.63) is 83.2 Å². The molecule has 0 aromatic heterocycles. The summed E-state index contributed by atoms with van der Waals surface area (Å²) in [6, 6.07) is 17.6. The summed E-state index contributed by atoms with van der Waals surface area (Å²) in [7, 11) is 3.40. The van der Waals surface area contributed by atoms with Crippen molar-refractivity contribution < 1.29 is 23.5 Å². The van der Waals surface area contributed by atoms with E-state index in [2.05, 4.69) is 0 Å². The molecule has 0 spiro atoms. The van der Waals surface area contributed by atoms with Crippen molar-refractivity contribution in [2.75, 3.05) is 20.9 Å². The predicted molar refractivity (Wildman–Crippen MR) is 122 cm³/mol. The van der Waals surface area contributed by atoms with Crippen LogP contribution in [0, 0.1) is 5.82 Å². The largest absolute Gasteiger partial charge is 0.454 e. The first-order valence-electron chi connectivity index (χ1n) is 10.9. The molecule has 3 aromatic rings. The number of carbonyl (C=O) groups excluding carboxylic acids is 2. The first-order chi connectivity index (χ1) is 15.9. The average Bonchev–Trinajstić information content (AvgIpc) is 3.50. The summed E-state index contributed by atoms with van der Waals surface area (Å²) in [5.74, 6) is 0.805.